The maximum atomic E-state index is 12.9. The monoisotopic (exact) mass is 266 g/mol. The number of nitrogens with two attached hydrogens (primary N) is 1. The maximum Gasteiger partial charge on any atom is 0.316 e. The smallest absolute Gasteiger partial charge is 0.316 e. The Kier molecular flexibility index (Phi) is 3.80. The molecule has 2 atom stereocenters. The summed E-state index contributed by atoms with van der Waals surface area (Å²) in [5.74, 6) is -0.426. The van der Waals surface area contributed by atoms with Crippen LogP contribution in [0.15, 0.2) is 24.3 Å². The van der Waals surface area contributed by atoms with Gasteiger partial charge in [-0.05, 0) is 24.6 Å². The van der Waals surface area contributed by atoms with Crippen LogP contribution in [0.4, 0.5) is 9.18 Å². The van der Waals surface area contributed by atoms with Gasteiger partial charge in [0.25, 0.3) is 0 Å². The summed E-state index contributed by atoms with van der Waals surface area (Å²) in [5, 5.41) is 0. The van der Waals surface area contributed by atoms with Crippen molar-refractivity contribution in [2.45, 2.75) is 25.7 Å². The van der Waals surface area contributed by atoms with Crippen LogP contribution in [0.25, 0.3) is 0 Å². The molecule has 0 bridgehead atoms. The molecule has 0 spiro atoms. The van der Waals surface area contributed by atoms with Gasteiger partial charge in [-0.25, -0.2) is 9.18 Å². The Bertz CT molecular complexity index is 489. The molecular weight excluding hydrogens is 251 g/mol. The number of ether oxygens (including phenoxy) is 1. The number of benzene rings is 1. The Morgan fingerprint density at radius 1 is 1.42 bits per heavy atom. The lowest BCUT2D eigenvalue weighted by Gasteiger charge is -2.19. The van der Waals surface area contributed by atoms with Gasteiger partial charge in [-0.2, -0.15) is 0 Å². The second kappa shape index (κ2) is 5.36. The van der Waals surface area contributed by atoms with Crippen molar-refractivity contribution in [3.05, 3.63) is 35.6 Å². The Hall–Kier alpha value is -1.95. The molecule has 5 nitrogen and oxygen atoms in total. The van der Waals surface area contributed by atoms with Gasteiger partial charge in [0.1, 0.15) is 23.9 Å². The topological polar surface area (TPSA) is 72.6 Å². The van der Waals surface area contributed by atoms with Crippen LogP contribution in [0.1, 0.15) is 25.0 Å². The van der Waals surface area contributed by atoms with Crippen molar-refractivity contribution in [3.8, 4) is 0 Å². The van der Waals surface area contributed by atoms with Crippen molar-refractivity contribution < 1.29 is 18.7 Å². The predicted molar refractivity (Wildman–Crippen MR) is 65.6 cm³/mol. The summed E-state index contributed by atoms with van der Waals surface area (Å²) in [6.07, 6.45) is -0.941. The number of nitrogens with zero attached hydrogens (tertiary/aromatic N) is 1. The first-order valence-corrected chi connectivity index (χ1v) is 5.94. The number of urea groups is 1. The van der Waals surface area contributed by atoms with Crippen molar-refractivity contribution in [2.24, 2.45) is 5.73 Å². The largest absolute Gasteiger partial charge is 0.351 e. The fourth-order valence-electron chi connectivity index (χ4n) is 2.10. The minimum atomic E-state index is -0.648. The van der Waals surface area contributed by atoms with E-state index in [1.54, 1.807) is 12.1 Å². The van der Waals surface area contributed by atoms with Gasteiger partial charge in [0.05, 0.1) is 13.0 Å². The minimum absolute atomic E-state index is 0.0870. The molecule has 2 N–H and O–H groups in total. The molecule has 1 aliphatic heterocycles. The van der Waals surface area contributed by atoms with E-state index in [0.29, 0.717) is 0 Å². The van der Waals surface area contributed by atoms with Gasteiger partial charge in [-0.1, -0.05) is 12.1 Å². The lowest BCUT2D eigenvalue weighted by atomic mass is 10.1. The van der Waals surface area contributed by atoms with Gasteiger partial charge in [0, 0.05) is 0 Å². The molecule has 1 fully saturated rings. The molecule has 1 aromatic carbocycles. The van der Waals surface area contributed by atoms with Crippen LogP contribution in [-0.2, 0) is 9.53 Å². The Morgan fingerprint density at radius 2 is 2.05 bits per heavy atom. The Morgan fingerprint density at radius 3 is 2.58 bits per heavy atom. The van der Waals surface area contributed by atoms with E-state index in [-0.39, 0.29) is 24.6 Å². The highest BCUT2D eigenvalue weighted by Gasteiger charge is 2.36. The van der Waals surface area contributed by atoms with E-state index >= 15 is 0 Å². The molecule has 6 heteroatoms. The van der Waals surface area contributed by atoms with Crippen molar-refractivity contribution in [3.63, 3.8) is 0 Å². The SMILES string of the molecule is CC(=O)CC1OC(c2ccc(F)cc2)CN1C(N)=O. The number of ketones is 1. The number of Topliss-reactive ketones (excluding diaryl/α,β-unsaturated/α-hetero) is 1. The van der Waals surface area contributed by atoms with E-state index in [2.05, 4.69) is 0 Å². The van der Waals surface area contributed by atoms with E-state index in [4.69, 9.17) is 10.5 Å². The first-order valence-electron chi connectivity index (χ1n) is 5.94. The quantitative estimate of drug-likeness (QED) is 0.902. The summed E-state index contributed by atoms with van der Waals surface area (Å²) >= 11 is 0. The molecule has 2 amide bonds. The summed E-state index contributed by atoms with van der Waals surface area (Å²) in [7, 11) is 0. The number of amides is 2. The molecule has 102 valence electrons. The normalized spacial score (nSPS) is 22.5. The number of rotatable bonds is 3. The average Bonchev–Trinajstić information content (AvgIpc) is 2.73. The number of carbonyl (C=O) groups excluding carboxylic acids is 2. The third kappa shape index (κ3) is 3.08. The molecule has 2 unspecified atom stereocenters. The standard InChI is InChI=1S/C13H15FN2O3/c1-8(17)6-12-16(13(15)18)7-11(19-12)9-2-4-10(14)5-3-9/h2-5,11-12H,6-7H2,1H3,(H2,15,18). The molecular formula is C13H15FN2O3. The summed E-state index contributed by atoms with van der Waals surface area (Å²) in [6.45, 7) is 1.69. The fraction of sp³-hybridized carbons (Fsp3) is 0.385. The van der Waals surface area contributed by atoms with Gasteiger partial charge in [0.2, 0.25) is 0 Å². The molecule has 19 heavy (non-hydrogen) atoms. The second-order valence-electron chi connectivity index (χ2n) is 4.53. The number of hydrogen-bond acceptors (Lipinski definition) is 3. The molecule has 2 rings (SSSR count). The van der Waals surface area contributed by atoms with Gasteiger partial charge < -0.3 is 10.5 Å². The zero-order valence-electron chi connectivity index (χ0n) is 10.5. The fourth-order valence-corrected chi connectivity index (χ4v) is 2.10. The van der Waals surface area contributed by atoms with E-state index in [1.807, 2.05) is 0 Å². The van der Waals surface area contributed by atoms with Crippen LogP contribution >= 0.6 is 0 Å². The molecule has 0 aromatic heterocycles. The Labute approximate surface area is 110 Å². The van der Waals surface area contributed by atoms with Crippen molar-refractivity contribution in [2.75, 3.05) is 6.54 Å². The van der Waals surface area contributed by atoms with Crippen LogP contribution < -0.4 is 5.73 Å². The van der Waals surface area contributed by atoms with Crippen LogP contribution in [-0.4, -0.2) is 29.5 Å². The first kappa shape index (κ1) is 13.5. The molecule has 1 saturated heterocycles. The summed E-state index contributed by atoms with van der Waals surface area (Å²) in [5.41, 5.74) is 6.01. The van der Waals surface area contributed by atoms with E-state index in [9.17, 15) is 14.0 Å². The highest BCUT2D eigenvalue weighted by molar-refractivity contribution is 5.78. The van der Waals surface area contributed by atoms with Crippen LogP contribution in [0.5, 0.6) is 0 Å². The van der Waals surface area contributed by atoms with Crippen LogP contribution in [0.3, 0.4) is 0 Å². The van der Waals surface area contributed by atoms with E-state index in [0.717, 1.165) is 5.56 Å². The zero-order chi connectivity index (χ0) is 14.0. The van der Waals surface area contributed by atoms with Gasteiger partial charge >= 0.3 is 6.03 Å². The molecule has 0 saturated carbocycles. The van der Waals surface area contributed by atoms with Crippen molar-refractivity contribution in [1.82, 2.24) is 4.90 Å². The van der Waals surface area contributed by atoms with Crippen LogP contribution in [0, 0.1) is 5.82 Å². The molecule has 0 radical (unpaired) electrons. The molecule has 1 aliphatic rings. The maximum absolute atomic E-state index is 12.9. The van der Waals surface area contributed by atoms with Gasteiger partial charge in [-0.15, -0.1) is 0 Å². The Balaban J connectivity index is 2.15. The number of hydrogen-bond donors (Lipinski definition) is 1. The van der Waals surface area contributed by atoms with E-state index in [1.165, 1.54) is 24.0 Å². The lowest BCUT2D eigenvalue weighted by Crippen LogP contribution is -2.40. The lowest BCUT2D eigenvalue weighted by molar-refractivity contribution is -0.121. The number of halogens is 1. The summed E-state index contributed by atoms with van der Waals surface area (Å²) in [6, 6.07) is 5.21. The van der Waals surface area contributed by atoms with Crippen molar-refractivity contribution in [1.29, 1.82) is 0 Å². The van der Waals surface area contributed by atoms with Gasteiger partial charge in [-0.3, -0.25) is 9.69 Å². The van der Waals surface area contributed by atoms with E-state index < -0.39 is 18.4 Å². The summed E-state index contributed by atoms with van der Waals surface area (Å²) in [4.78, 5) is 23.8. The van der Waals surface area contributed by atoms with Gasteiger partial charge in [0.15, 0.2) is 0 Å². The highest BCUT2D eigenvalue weighted by Crippen LogP contribution is 2.30. The average molecular weight is 266 g/mol. The predicted octanol–water partition coefficient (Wildman–Crippen LogP) is 1.58. The van der Waals surface area contributed by atoms with Crippen LogP contribution in [0.2, 0.25) is 0 Å². The zero-order valence-corrected chi connectivity index (χ0v) is 10.5. The number of primary amides is 1. The summed E-state index contributed by atoms with van der Waals surface area (Å²) < 4.78 is 18.5. The molecule has 0 aliphatic carbocycles. The second-order valence-corrected chi connectivity index (χ2v) is 4.53. The highest BCUT2D eigenvalue weighted by atomic mass is 19.1. The third-order valence-electron chi connectivity index (χ3n) is 3.02. The number of carbonyl (C=O) groups is 2. The molecule has 1 heterocycles. The minimum Gasteiger partial charge on any atom is -0.351 e. The first-order chi connectivity index (χ1) is 8.97. The third-order valence-corrected chi connectivity index (χ3v) is 3.02. The molecule has 1 aromatic rings. The van der Waals surface area contributed by atoms with Crippen molar-refractivity contribution >= 4 is 11.8 Å².